The third-order valence-corrected chi connectivity index (χ3v) is 7.36. The number of pyridine rings is 1. The molecule has 3 aromatic rings. The van der Waals surface area contributed by atoms with E-state index in [1.54, 1.807) is 11.0 Å². The Hall–Kier alpha value is -3.77. The van der Waals surface area contributed by atoms with E-state index in [4.69, 9.17) is 4.74 Å². The molecule has 12 heteroatoms. The first-order valence-corrected chi connectivity index (χ1v) is 15.4. The molecule has 9 nitrogen and oxygen atoms in total. The average molecular weight is 588 g/mol. The Labute approximate surface area is 239 Å². The Morgan fingerprint density at radius 3 is 2.39 bits per heavy atom. The molecule has 0 bridgehead atoms. The summed E-state index contributed by atoms with van der Waals surface area (Å²) in [6, 6.07) is 13.7. The first kappa shape index (κ1) is 30.2. The molecule has 2 N–H and O–H groups in total. The molecule has 2 aromatic carbocycles. The topological polar surface area (TPSA) is 104 Å². The van der Waals surface area contributed by atoms with E-state index in [0.29, 0.717) is 18.0 Å². The standard InChI is InChI=1S/C29H35F2N5O4S/c1-3-4-15-36(29(37)33-27-11-7-22(30)18-26(27)31)23-13-16-35(17-14-23)20-21-5-8-24(9-6-21)40-25-10-12-28(32-19-25)34-41(2,38)39/h5-12,18-19,23H,3-4,13-17,20H2,1-2H3,(H,32,34)(H,33,37). The van der Waals surface area contributed by atoms with Crippen molar-refractivity contribution in [3.8, 4) is 11.5 Å². The maximum absolute atomic E-state index is 14.1. The fourth-order valence-electron chi connectivity index (χ4n) is 4.69. The zero-order valence-corrected chi connectivity index (χ0v) is 24.0. The number of rotatable bonds is 11. The van der Waals surface area contributed by atoms with Crippen molar-refractivity contribution in [1.82, 2.24) is 14.8 Å². The average Bonchev–Trinajstić information content (AvgIpc) is 2.93. The van der Waals surface area contributed by atoms with Gasteiger partial charge in [0.1, 0.15) is 29.0 Å². The minimum absolute atomic E-state index is 0.0278. The van der Waals surface area contributed by atoms with Crippen molar-refractivity contribution in [2.75, 3.05) is 35.9 Å². The number of hydrogen-bond acceptors (Lipinski definition) is 6. The number of amides is 2. The highest BCUT2D eigenvalue weighted by atomic mass is 32.2. The fourth-order valence-corrected chi connectivity index (χ4v) is 5.19. The van der Waals surface area contributed by atoms with Gasteiger partial charge < -0.3 is 15.0 Å². The number of benzene rings is 2. The van der Waals surface area contributed by atoms with Crippen LogP contribution in [0, 0.1) is 11.6 Å². The first-order valence-electron chi connectivity index (χ1n) is 13.6. The highest BCUT2D eigenvalue weighted by Gasteiger charge is 2.28. The van der Waals surface area contributed by atoms with Crippen LogP contribution < -0.4 is 14.8 Å². The largest absolute Gasteiger partial charge is 0.456 e. The zero-order chi connectivity index (χ0) is 29.4. The van der Waals surface area contributed by atoms with Crippen molar-refractivity contribution in [3.05, 3.63) is 78.0 Å². The van der Waals surface area contributed by atoms with E-state index in [-0.39, 0.29) is 23.6 Å². The van der Waals surface area contributed by atoms with E-state index in [9.17, 15) is 22.0 Å². The van der Waals surface area contributed by atoms with Crippen molar-refractivity contribution in [2.45, 2.75) is 45.2 Å². The van der Waals surface area contributed by atoms with E-state index >= 15 is 0 Å². The highest BCUT2D eigenvalue weighted by molar-refractivity contribution is 7.92. The zero-order valence-electron chi connectivity index (χ0n) is 23.1. The third-order valence-electron chi connectivity index (χ3n) is 6.78. The summed E-state index contributed by atoms with van der Waals surface area (Å²) in [5.41, 5.74) is 1.09. The van der Waals surface area contributed by atoms with Gasteiger partial charge in [0.25, 0.3) is 0 Å². The van der Waals surface area contributed by atoms with E-state index < -0.39 is 21.7 Å². The lowest BCUT2D eigenvalue weighted by Gasteiger charge is -2.38. The van der Waals surface area contributed by atoms with Gasteiger partial charge in [0.15, 0.2) is 0 Å². The summed E-state index contributed by atoms with van der Waals surface area (Å²) in [6.45, 7) is 5.00. The van der Waals surface area contributed by atoms with Gasteiger partial charge in [-0.2, -0.15) is 0 Å². The van der Waals surface area contributed by atoms with Gasteiger partial charge in [-0.3, -0.25) is 9.62 Å². The normalized spacial score (nSPS) is 14.4. The Balaban J connectivity index is 1.28. The molecule has 2 amide bonds. The van der Waals surface area contributed by atoms with Crippen molar-refractivity contribution in [1.29, 1.82) is 0 Å². The second-order valence-corrected chi connectivity index (χ2v) is 11.9. The minimum atomic E-state index is -3.40. The molecular weight excluding hydrogens is 552 g/mol. The molecular formula is C29H35F2N5O4S. The fraction of sp³-hybridized carbons (Fsp3) is 0.379. The summed E-state index contributed by atoms with van der Waals surface area (Å²) in [6.07, 6.45) is 5.86. The van der Waals surface area contributed by atoms with Crippen LogP contribution in [0.3, 0.4) is 0 Å². The van der Waals surface area contributed by atoms with Crippen LogP contribution in [0.4, 0.5) is 25.1 Å². The highest BCUT2D eigenvalue weighted by Crippen LogP contribution is 2.25. The summed E-state index contributed by atoms with van der Waals surface area (Å²) in [4.78, 5) is 21.2. The molecule has 41 heavy (non-hydrogen) atoms. The summed E-state index contributed by atoms with van der Waals surface area (Å²) < 4.78 is 58.1. The summed E-state index contributed by atoms with van der Waals surface area (Å²) >= 11 is 0. The monoisotopic (exact) mass is 587 g/mol. The Bertz CT molecular complexity index is 1410. The van der Waals surface area contributed by atoms with Crippen LogP contribution in [-0.2, 0) is 16.6 Å². The van der Waals surface area contributed by atoms with Crippen LogP contribution in [0.1, 0.15) is 38.2 Å². The number of carbonyl (C=O) groups is 1. The lowest BCUT2D eigenvalue weighted by molar-refractivity contribution is 0.122. The Morgan fingerprint density at radius 1 is 1.07 bits per heavy atom. The number of carbonyl (C=O) groups excluding carboxylic acids is 1. The number of halogens is 2. The molecule has 2 heterocycles. The first-order chi connectivity index (χ1) is 19.6. The number of nitrogens with one attached hydrogen (secondary N) is 2. The number of piperidine rings is 1. The molecule has 0 radical (unpaired) electrons. The van der Waals surface area contributed by atoms with Crippen LogP contribution in [0.15, 0.2) is 60.8 Å². The third kappa shape index (κ3) is 9.12. The van der Waals surface area contributed by atoms with Gasteiger partial charge in [0.2, 0.25) is 10.0 Å². The summed E-state index contributed by atoms with van der Waals surface area (Å²) in [7, 11) is -3.40. The second-order valence-electron chi connectivity index (χ2n) is 10.1. The molecule has 0 atom stereocenters. The van der Waals surface area contributed by atoms with Crippen LogP contribution in [0.5, 0.6) is 11.5 Å². The number of likely N-dealkylation sites (tertiary alicyclic amines) is 1. The molecule has 1 aromatic heterocycles. The van der Waals surface area contributed by atoms with E-state index in [1.807, 2.05) is 24.3 Å². The van der Waals surface area contributed by atoms with Gasteiger partial charge in [-0.15, -0.1) is 0 Å². The maximum Gasteiger partial charge on any atom is 0.322 e. The van der Waals surface area contributed by atoms with Crippen LogP contribution in [0.25, 0.3) is 0 Å². The van der Waals surface area contributed by atoms with Gasteiger partial charge >= 0.3 is 6.03 Å². The molecule has 0 unspecified atom stereocenters. The van der Waals surface area contributed by atoms with Crippen molar-refractivity contribution >= 4 is 27.6 Å². The van der Waals surface area contributed by atoms with Gasteiger partial charge in [-0.05, 0) is 61.2 Å². The van der Waals surface area contributed by atoms with E-state index in [2.05, 4.69) is 26.8 Å². The number of ether oxygens (including phenoxy) is 1. The van der Waals surface area contributed by atoms with E-state index in [1.165, 1.54) is 18.3 Å². The van der Waals surface area contributed by atoms with Gasteiger partial charge in [0, 0.05) is 38.3 Å². The van der Waals surface area contributed by atoms with Gasteiger partial charge in [-0.25, -0.2) is 27.0 Å². The molecule has 4 rings (SSSR count). The number of nitrogens with zero attached hydrogens (tertiary/aromatic N) is 3. The number of aromatic nitrogens is 1. The van der Waals surface area contributed by atoms with E-state index in [0.717, 1.165) is 69.3 Å². The number of hydrogen-bond donors (Lipinski definition) is 2. The van der Waals surface area contributed by atoms with Crippen molar-refractivity contribution < 1.29 is 26.7 Å². The maximum atomic E-state index is 14.1. The quantitative estimate of drug-likeness (QED) is 0.293. The van der Waals surface area contributed by atoms with Crippen molar-refractivity contribution in [3.63, 3.8) is 0 Å². The SMILES string of the molecule is CCCCN(C(=O)Nc1ccc(F)cc1F)C1CCN(Cc2ccc(Oc3ccc(NS(C)(=O)=O)nc3)cc2)CC1. The smallest absolute Gasteiger partial charge is 0.322 e. The number of anilines is 2. The predicted molar refractivity (Wildman–Crippen MR) is 155 cm³/mol. The summed E-state index contributed by atoms with van der Waals surface area (Å²) in [5.74, 6) is -0.149. The molecule has 1 aliphatic heterocycles. The van der Waals surface area contributed by atoms with Crippen LogP contribution in [0.2, 0.25) is 0 Å². The number of unbranched alkanes of at least 4 members (excludes halogenated alkanes) is 1. The second kappa shape index (κ2) is 13.7. The Kier molecular flexibility index (Phi) is 10.1. The molecule has 0 spiro atoms. The van der Waals surface area contributed by atoms with Gasteiger partial charge in [-0.1, -0.05) is 25.5 Å². The minimum Gasteiger partial charge on any atom is -0.456 e. The molecule has 0 aliphatic carbocycles. The lowest BCUT2D eigenvalue weighted by Crippen LogP contribution is -2.49. The Morgan fingerprint density at radius 2 is 1.78 bits per heavy atom. The molecule has 0 saturated carbocycles. The number of sulfonamides is 1. The molecule has 1 aliphatic rings. The van der Waals surface area contributed by atoms with Gasteiger partial charge in [0.05, 0.1) is 18.1 Å². The number of urea groups is 1. The lowest BCUT2D eigenvalue weighted by atomic mass is 10.0. The molecule has 1 fully saturated rings. The molecule has 220 valence electrons. The molecule has 1 saturated heterocycles. The summed E-state index contributed by atoms with van der Waals surface area (Å²) in [5, 5.41) is 2.62. The van der Waals surface area contributed by atoms with Crippen molar-refractivity contribution in [2.24, 2.45) is 0 Å². The van der Waals surface area contributed by atoms with Crippen LogP contribution >= 0.6 is 0 Å². The predicted octanol–water partition coefficient (Wildman–Crippen LogP) is 5.82. The van der Waals surface area contributed by atoms with Crippen LogP contribution in [-0.4, -0.2) is 61.2 Å².